The molecular formula is C32H37ClO8. The van der Waals surface area contributed by atoms with Crippen molar-refractivity contribution in [2.75, 3.05) is 13.2 Å². The van der Waals surface area contributed by atoms with Crippen molar-refractivity contribution >= 4 is 29.3 Å². The second-order valence-corrected chi connectivity index (χ2v) is 12.8. The first-order valence-electron chi connectivity index (χ1n) is 14.6. The number of hydrogen-bond donors (Lipinski definition) is 1. The fourth-order valence-electron chi connectivity index (χ4n) is 8.98. The third-order valence-electron chi connectivity index (χ3n) is 10.7. The number of halogens is 1. The Bertz CT molecular complexity index is 1350. The van der Waals surface area contributed by atoms with Gasteiger partial charge in [-0.15, -0.1) is 11.6 Å². The van der Waals surface area contributed by atoms with Crippen LogP contribution in [0.3, 0.4) is 0 Å². The van der Waals surface area contributed by atoms with Gasteiger partial charge in [0.2, 0.25) is 17.3 Å². The monoisotopic (exact) mass is 584 g/mol. The summed E-state index contributed by atoms with van der Waals surface area (Å²) in [6.07, 6.45) is 2.66. The summed E-state index contributed by atoms with van der Waals surface area (Å²) in [5.74, 6) is -0.220. The molecule has 2 aliphatic heterocycles. The first-order valence-corrected chi connectivity index (χ1v) is 15.1. The molecular weight excluding hydrogens is 548 g/mol. The summed E-state index contributed by atoms with van der Waals surface area (Å²) in [6.45, 7) is 5.50. The Morgan fingerprint density at radius 3 is 2.73 bits per heavy atom. The maximum atomic E-state index is 14.2. The van der Waals surface area contributed by atoms with Gasteiger partial charge in [0, 0.05) is 17.2 Å². The summed E-state index contributed by atoms with van der Waals surface area (Å²) < 4.78 is 23.6. The molecule has 6 aliphatic rings. The van der Waals surface area contributed by atoms with E-state index < -0.39 is 41.1 Å². The number of carbonyl (C=O) groups is 3. The van der Waals surface area contributed by atoms with E-state index >= 15 is 0 Å². The second kappa shape index (κ2) is 10.2. The molecule has 220 valence electrons. The molecule has 0 spiro atoms. The zero-order valence-electron chi connectivity index (χ0n) is 23.7. The van der Waals surface area contributed by atoms with Crippen molar-refractivity contribution in [3.8, 4) is 0 Å². The lowest BCUT2D eigenvalue weighted by Crippen LogP contribution is -2.64. The fraction of sp³-hybridized carbons (Fsp3) is 0.594. The Balaban J connectivity index is 1.46. The van der Waals surface area contributed by atoms with Crippen LogP contribution < -0.4 is 0 Å². The van der Waals surface area contributed by atoms with Crippen molar-refractivity contribution < 1.29 is 38.4 Å². The maximum absolute atomic E-state index is 14.2. The third kappa shape index (κ3) is 4.08. The van der Waals surface area contributed by atoms with E-state index in [1.807, 2.05) is 38.1 Å². The van der Waals surface area contributed by atoms with Crippen molar-refractivity contribution in [2.24, 2.45) is 28.6 Å². The van der Waals surface area contributed by atoms with E-state index in [9.17, 15) is 19.5 Å². The number of aliphatic hydroxyl groups excluding tert-OH is 1. The normalized spacial score (nSPS) is 37.3. The molecule has 41 heavy (non-hydrogen) atoms. The standard InChI is InChI=1S/C32H37ClO8/c1-4-38-29(37)41-32-11-10-22-21-9-8-20-13-23(34)27(39-16-19-7-5-6-18(12-19)15-33)28(40-17-25(32)36)31(20,3)26(21)24(35)14-30(22,32)2/h5-7,12-13,21-22,24,26,35H,4,8-11,14-17H2,1-3H3/t21-,22?,24-,26?,30-,31-,32-/m0/s1. The highest BCUT2D eigenvalue weighted by Crippen LogP contribution is 2.69. The molecule has 2 unspecified atom stereocenters. The second-order valence-electron chi connectivity index (χ2n) is 12.5. The molecule has 7 atom stereocenters. The van der Waals surface area contributed by atoms with Gasteiger partial charge in [-0.05, 0) is 75.0 Å². The number of ketones is 2. The lowest BCUT2D eigenvalue weighted by Gasteiger charge is -2.61. The van der Waals surface area contributed by atoms with Gasteiger partial charge in [-0.2, -0.15) is 0 Å². The molecule has 9 heteroatoms. The van der Waals surface area contributed by atoms with Crippen LogP contribution in [0.2, 0.25) is 0 Å². The van der Waals surface area contributed by atoms with Crippen LogP contribution in [0.4, 0.5) is 4.79 Å². The van der Waals surface area contributed by atoms with Gasteiger partial charge in [-0.25, -0.2) is 4.79 Å². The minimum atomic E-state index is -1.50. The lowest BCUT2D eigenvalue weighted by molar-refractivity contribution is -0.193. The molecule has 2 heterocycles. The van der Waals surface area contributed by atoms with E-state index in [0.717, 1.165) is 23.1 Å². The first kappa shape index (κ1) is 28.3. The van der Waals surface area contributed by atoms with Gasteiger partial charge >= 0.3 is 6.16 Å². The lowest BCUT2D eigenvalue weighted by atomic mass is 9.45. The quantitative estimate of drug-likeness (QED) is 0.350. The van der Waals surface area contributed by atoms with Crippen molar-refractivity contribution in [1.29, 1.82) is 0 Å². The summed E-state index contributed by atoms with van der Waals surface area (Å²) in [4.78, 5) is 40.4. The molecule has 8 nitrogen and oxygen atoms in total. The van der Waals surface area contributed by atoms with Crippen molar-refractivity contribution in [3.63, 3.8) is 0 Å². The largest absolute Gasteiger partial charge is 0.509 e. The number of hydrogen-bond acceptors (Lipinski definition) is 8. The minimum Gasteiger partial charge on any atom is -0.485 e. The molecule has 7 rings (SSSR count). The Hall–Kier alpha value is -2.84. The fourth-order valence-corrected chi connectivity index (χ4v) is 9.15. The topological polar surface area (TPSA) is 108 Å². The van der Waals surface area contributed by atoms with E-state index in [4.69, 9.17) is 30.5 Å². The average molecular weight is 585 g/mol. The Labute approximate surface area is 245 Å². The summed E-state index contributed by atoms with van der Waals surface area (Å²) in [7, 11) is 0. The molecule has 0 amide bonds. The van der Waals surface area contributed by atoms with E-state index in [-0.39, 0.29) is 54.7 Å². The molecule has 1 aromatic rings. The van der Waals surface area contributed by atoms with Gasteiger partial charge in [0.15, 0.2) is 18.0 Å². The van der Waals surface area contributed by atoms with E-state index in [1.165, 1.54) is 0 Å². The van der Waals surface area contributed by atoms with Crippen LogP contribution in [0.15, 0.2) is 47.4 Å². The number of rotatable bonds is 6. The number of fused-ring (bicyclic) bond motifs is 3. The predicted octanol–water partition coefficient (Wildman–Crippen LogP) is 5.39. The number of carbonyl (C=O) groups excluding carboxylic acids is 3. The highest BCUT2D eigenvalue weighted by Gasteiger charge is 2.72. The van der Waals surface area contributed by atoms with Crippen molar-refractivity contribution in [3.05, 3.63) is 58.6 Å². The summed E-state index contributed by atoms with van der Waals surface area (Å²) in [6, 6.07) is 7.61. The highest BCUT2D eigenvalue weighted by atomic mass is 35.5. The van der Waals surface area contributed by atoms with Gasteiger partial charge in [0.25, 0.3) is 0 Å². The Kier molecular flexibility index (Phi) is 7.01. The molecule has 0 radical (unpaired) electrons. The van der Waals surface area contributed by atoms with E-state index in [2.05, 4.69) is 0 Å². The molecule has 5 fully saturated rings. The van der Waals surface area contributed by atoms with Crippen LogP contribution in [0.1, 0.15) is 64.0 Å². The minimum absolute atomic E-state index is 0.0259. The van der Waals surface area contributed by atoms with Crippen LogP contribution in [0.25, 0.3) is 0 Å². The molecule has 0 aromatic heterocycles. The maximum Gasteiger partial charge on any atom is 0.509 e. The number of benzene rings is 1. The predicted molar refractivity (Wildman–Crippen MR) is 148 cm³/mol. The summed E-state index contributed by atoms with van der Waals surface area (Å²) in [5, 5.41) is 11.9. The van der Waals surface area contributed by atoms with Gasteiger partial charge in [-0.1, -0.05) is 36.8 Å². The zero-order valence-corrected chi connectivity index (χ0v) is 24.5. The molecule has 1 N–H and O–H groups in total. The van der Waals surface area contributed by atoms with Crippen LogP contribution in [-0.2, 0) is 41.0 Å². The third-order valence-corrected chi connectivity index (χ3v) is 11.0. The number of aliphatic hydroxyl groups is 1. The molecule has 1 aromatic carbocycles. The molecule has 2 saturated heterocycles. The van der Waals surface area contributed by atoms with Crippen LogP contribution >= 0.6 is 11.6 Å². The van der Waals surface area contributed by atoms with Crippen molar-refractivity contribution in [1.82, 2.24) is 0 Å². The summed E-state index contributed by atoms with van der Waals surface area (Å²) >= 11 is 6.01. The number of Topliss-reactive ketones (excluding diaryl/α,β-unsaturated/α-hetero) is 1. The average Bonchev–Trinajstić information content (AvgIpc) is 3.22. The van der Waals surface area contributed by atoms with Gasteiger partial charge in [0.05, 0.1) is 18.1 Å². The van der Waals surface area contributed by atoms with Crippen LogP contribution in [0, 0.1) is 28.6 Å². The highest BCUT2D eigenvalue weighted by molar-refractivity contribution is 6.17. The van der Waals surface area contributed by atoms with E-state index in [0.29, 0.717) is 25.1 Å². The molecule has 3 saturated carbocycles. The summed E-state index contributed by atoms with van der Waals surface area (Å²) in [5.41, 5.74) is -0.428. The van der Waals surface area contributed by atoms with Crippen LogP contribution in [-0.4, -0.2) is 47.7 Å². The van der Waals surface area contributed by atoms with Gasteiger partial charge in [-0.3, -0.25) is 9.59 Å². The Morgan fingerprint density at radius 1 is 1.20 bits per heavy atom. The molecule has 4 aliphatic carbocycles. The number of ether oxygens (including phenoxy) is 4. The van der Waals surface area contributed by atoms with E-state index in [1.54, 1.807) is 13.0 Å². The van der Waals surface area contributed by atoms with Crippen LogP contribution in [0.5, 0.6) is 0 Å². The van der Waals surface area contributed by atoms with Crippen molar-refractivity contribution in [2.45, 2.75) is 77.1 Å². The van der Waals surface area contributed by atoms with Gasteiger partial charge < -0.3 is 24.1 Å². The number of allylic oxidation sites excluding steroid dienone is 2. The van der Waals surface area contributed by atoms with Gasteiger partial charge in [0.1, 0.15) is 6.61 Å². The first-order chi connectivity index (χ1) is 19.6. The molecule has 6 bridgehead atoms. The zero-order chi connectivity index (χ0) is 29.2. The number of alkyl halides is 1. The Morgan fingerprint density at radius 2 is 1.98 bits per heavy atom. The smallest absolute Gasteiger partial charge is 0.485 e. The SMILES string of the molecule is CCOC(=O)O[C@@]12CCC3[C@@H]4CCC5=CC(=O)C(OCc6cccc(CCl)c6)=C(OCC1=O)[C@]5(C)C4[C@@H](O)C[C@@]32C.